The molecule has 1 aromatic heterocycles. The topological polar surface area (TPSA) is 59.2 Å². The number of phenols is 1. The number of aromatic nitrogens is 2. The molecule has 0 radical (unpaired) electrons. The van der Waals surface area contributed by atoms with Gasteiger partial charge in [-0.25, -0.2) is 0 Å². The Bertz CT molecular complexity index is 598. The molecule has 2 aromatic rings. The van der Waals surface area contributed by atoms with Gasteiger partial charge in [-0.3, -0.25) is 0 Å². The van der Waals surface area contributed by atoms with Crippen molar-refractivity contribution in [3.05, 3.63) is 29.6 Å². The fraction of sp³-hybridized carbons (Fsp3) is 0.500. The molecular formula is C16H20N2O2. The largest absolute Gasteiger partial charge is 0.507 e. The minimum Gasteiger partial charge on any atom is -0.507 e. The lowest BCUT2D eigenvalue weighted by Crippen LogP contribution is -2.11. The monoisotopic (exact) mass is 272 g/mol. The van der Waals surface area contributed by atoms with E-state index >= 15 is 0 Å². The van der Waals surface area contributed by atoms with Gasteiger partial charge in [0.1, 0.15) is 5.75 Å². The van der Waals surface area contributed by atoms with Gasteiger partial charge in [-0.1, -0.05) is 36.6 Å². The predicted octanol–water partition coefficient (Wildman–Crippen LogP) is 4.04. The Kier molecular flexibility index (Phi) is 3.47. The van der Waals surface area contributed by atoms with Crippen LogP contribution >= 0.6 is 0 Å². The van der Waals surface area contributed by atoms with Crippen molar-refractivity contribution in [1.82, 2.24) is 10.1 Å². The highest BCUT2D eigenvalue weighted by atomic mass is 16.5. The fourth-order valence-corrected chi connectivity index (χ4v) is 2.85. The van der Waals surface area contributed by atoms with Gasteiger partial charge in [0.05, 0.1) is 5.56 Å². The Hall–Kier alpha value is -1.84. The average Bonchev–Trinajstić information content (AvgIpc) is 2.92. The number of hydrogen-bond acceptors (Lipinski definition) is 4. The van der Waals surface area contributed by atoms with Crippen LogP contribution in [0.2, 0.25) is 0 Å². The van der Waals surface area contributed by atoms with E-state index in [1.165, 1.54) is 12.8 Å². The minimum atomic E-state index is 0.183. The van der Waals surface area contributed by atoms with E-state index in [2.05, 4.69) is 17.1 Å². The standard InChI is InChI=1S/C16H20N2O2/c1-10-3-6-12(7-4-10)15-17-16(20-18-15)13-9-11(2)5-8-14(13)19/h5,8-10,12,19H,3-4,6-7H2,1-2H3. The van der Waals surface area contributed by atoms with Gasteiger partial charge in [-0.2, -0.15) is 4.98 Å². The molecule has 0 bridgehead atoms. The first-order chi connectivity index (χ1) is 9.63. The van der Waals surface area contributed by atoms with Crippen molar-refractivity contribution in [2.24, 2.45) is 5.92 Å². The van der Waals surface area contributed by atoms with Crippen molar-refractivity contribution < 1.29 is 9.63 Å². The first-order valence-corrected chi connectivity index (χ1v) is 7.27. The quantitative estimate of drug-likeness (QED) is 0.896. The molecular weight excluding hydrogens is 252 g/mol. The molecule has 1 saturated carbocycles. The van der Waals surface area contributed by atoms with Crippen molar-refractivity contribution in [2.75, 3.05) is 0 Å². The Morgan fingerprint density at radius 2 is 1.95 bits per heavy atom. The lowest BCUT2D eigenvalue weighted by Gasteiger charge is -2.23. The van der Waals surface area contributed by atoms with Crippen LogP contribution in [0.4, 0.5) is 0 Å². The van der Waals surface area contributed by atoms with Gasteiger partial charge in [0.15, 0.2) is 5.82 Å². The van der Waals surface area contributed by atoms with Crippen LogP contribution in [0.1, 0.15) is 49.9 Å². The Morgan fingerprint density at radius 1 is 1.20 bits per heavy atom. The van der Waals surface area contributed by atoms with Gasteiger partial charge in [-0.05, 0) is 37.8 Å². The molecule has 1 aliphatic rings. The molecule has 1 heterocycles. The van der Waals surface area contributed by atoms with E-state index in [0.29, 0.717) is 17.4 Å². The minimum absolute atomic E-state index is 0.183. The number of phenolic OH excluding ortho intramolecular Hbond substituents is 1. The summed E-state index contributed by atoms with van der Waals surface area (Å²) < 4.78 is 5.35. The van der Waals surface area contributed by atoms with Crippen molar-refractivity contribution in [3.8, 4) is 17.2 Å². The van der Waals surface area contributed by atoms with Gasteiger partial charge < -0.3 is 9.63 Å². The molecule has 1 N–H and O–H groups in total. The zero-order valence-corrected chi connectivity index (χ0v) is 12.0. The van der Waals surface area contributed by atoms with E-state index < -0.39 is 0 Å². The third kappa shape index (κ3) is 2.55. The molecule has 0 spiro atoms. The second-order valence-corrected chi connectivity index (χ2v) is 5.94. The van der Waals surface area contributed by atoms with Gasteiger partial charge in [0.25, 0.3) is 5.89 Å². The number of benzene rings is 1. The summed E-state index contributed by atoms with van der Waals surface area (Å²) in [5.41, 5.74) is 1.68. The molecule has 1 fully saturated rings. The van der Waals surface area contributed by atoms with Crippen LogP contribution in [-0.2, 0) is 0 Å². The third-order valence-electron chi connectivity index (χ3n) is 4.21. The Balaban J connectivity index is 1.85. The van der Waals surface area contributed by atoms with E-state index in [-0.39, 0.29) is 5.75 Å². The van der Waals surface area contributed by atoms with Crippen LogP contribution in [0.15, 0.2) is 22.7 Å². The first kappa shape index (κ1) is 13.2. The van der Waals surface area contributed by atoms with Crippen molar-refractivity contribution >= 4 is 0 Å². The highest BCUT2D eigenvalue weighted by Gasteiger charge is 2.24. The van der Waals surface area contributed by atoms with Crippen molar-refractivity contribution in [1.29, 1.82) is 0 Å². The molecule has 0 saturated heterocycles. The number of nitrogens with zero attached hydrogens (tertiary/aromatic N) is 2. The summed E-state index contributed by atoms with van der Waals surface area (Å²) >= 11 is 0. The van der Waals surface area contributed by atoms with Crippen molar-refractivity contribution in [3.63, 3.8) is 0 Å². The maximum Gasteiger partial charge on any atom is 0.261 e. The van der Waals surface area contributed by atoms with Crippen LogP contribution in [0.25, 0.3) is 11.5 Å². The summed E-state index contributed by atoms with van der Waals surface area (Å²) in [7, 11) is 0. The zero-order valence-electron chi connectivity index (χ0n) is 12.0. The molecule has 4 nitrogen and oxygen atoms in total. The lowest BCUT2D eigenvalue weighted by atomic mass is 9.83. The Morgan fingerprint density at radius 3 is 2.70 bits per heavy atom. The van der Waals surface area contributed by atoms with Crippen LogP contribution in [0.3, 0.4) is 0 Å². The highest BCUT2D eigenvalue weighted by Crippen LogP contribution is 2.36. The second kappa shape index (κ2) is 5.27. The number of aryl methyl sites for hydroxylation is 1. The third-order valence-corrected chi connectivity index (χ3v) is 4.21. The van der Waals surface area contributed by atoms with Crippen LogP contribution in [0.5, 0.6) is 5.75 Å². The second-order valence-electron chi connectivity index (χ2n) is 5.94. The van der Waals surface area contributed by atoms with Crippen LogP contribution in [0, 0.1) is 12.8 Å². The molecule has 20 heavy (non-hydrogen) atoms. The van der Waals surface area contributed by atoms with E-state index in [0.717, 1.165) is 30.1 Å². The summed E-state index contributed by atoms with van der Waals surface area (Å²) in [4.78, 5) is 4.49. The molecule has 0 unspecified atom stereocenters. The fourth-order valence-electron chi connectivity index (χ4n) is 2.85. The van der Waals surface area contributed by atoms with Gasteiger partial charge in [-0.15, -0.1) is 0 Å². The molecule has 0 amide bonds. The van der Waals surface area contributed by atoms with Gasteiger partial charge >= 0.3 is 0 Å². The summed E-state index contributed by atoms with van der Waals surface area (Å²) in [5, 5.41) is 14.0. The van der Waals surface area contributed by atoms with Gasteiger partial charge in [0.2, 0.25) is 0 Å². The summed E-state index contributed by atoms with van der Waals surface area (Å²) in [6.07, 6.45) is 4.70. The molecule has 0 aliphatic heterocycles. The molecule has 106 valence electrons. The van der Waals surface area contributed by atoms with Gasteiger partial charge in [0, 0.05) is 5.92 Å². The van der Waals surface area contributed by atoms with E-state index in [1.54, 1.807) is 6.07 Å². The van der Waals surface area contributed by atoms with Crippen LogP contribution < -0.4 is 0 Å². The summed E-state index contributed by atoms with van der Waals surface area (Å²) in [6, 6.07) is 5.39. The molecule has 1 aromatic carbocycles. The van der Waals surface area contributed by atoms with Crippen LogP contribution in [-0.4, -0.2) is 15.2 Å². The zero-order chi connectivity index (χ0) is 14.1. The van der Waals surface area contributed by atoms with E-state index in [1.807, 2.05) is 19.1 Å². The smallest absolute Gasteiger partial charge is 0.261 e. The predicted molar refractivity (Wildman–Crippen MR) is 76.5 cm³/mol. The van der Waals surface area contributed by atoms with E-state index in [9.17, 15) is 5.11 Å². The average molecular weight is 272 g/mol. The maximum atomic E-state index is 9.91. The Labute approximate surface area is 118 Å². The molecule has 4 heteroatoms. The maximum absolute atomic E-state index is 9.91. The van der Waals surface area contributed by atoms with Crippen molar-refractivity contribution in [2.45, 2.75) is 45.4 Å². The number of hydrogen-bond donors (Lipinski definition) is 1. The summed E-state index contributed by atoms with van der Waals surface area (Å²) in [6.45, 7) is 4.27. The molecule has 1 aliphatic carbocycles. The molecule has 0 atom stereocenters. The summed E-state index contributed by atoms with van der Waals surface area (Å²) in [5.74, 6) is 2.59. The van der Waals surface area contributed by atoms with E-state index in [4.69, 9.17) is 4.52 Å². The normalized spacial score (nSPS) is 22.9. The number of rotatable bonds is 2. The lowest BCUT2D eigenvalue weighted by molar-refractivity contribution is 0.328. The SMILES string of the molecule is Cc1ccc(O)c(-c2nc(C3CCC(C)CC3)no2)c1. The first-order valence-electron chi connectivity index (χ1n) is 7.27. The number of aromatic hydroxyl groups is 1. The highest BCUT2D eigenvalue weighted by molar-refractivity contribution is 5.63. The molecule has 3 rings (SSSR count).